The van der Waals surface area contributed by atoms with Gasteiger partial charge in [-0.05, 0) is 35.4 Å². The molecule has 0 heterocycles. The van der Waals surface area contributed by atoms with E-state index >= 15 is 0 Å². The van der Waals surface area contributed by atoms with Gasteiger partial charge in [-0.25, -0.2) is 9.35 Å². The summed E-state index contributed by atoms with van der Waals surface area (Å²) >= 11 is 0. The van der Waals surface area contributed by atoms with Gasteiger partial charge >= 0.3 is 0 Å². The zero-order chi connectivity index (χ0) is 12.3. The van der Waals surface area contributed by atoms with Gasteiger partial charge in [-0.1, -0.05) is 24.3 Å². The van der Waals surface area contributed by atoms with Gasteiger partial charge in [0.15, 0.2) is 0 Å². The van der Waals surface area contributed by atoms with Crippen LogP contribution >= 0.6 is 0 Å². The number of benzene rings is 2. The monoisotopic (exact) mass is 242 g/mol. The van der Waals surface area contributed by atoms with Gasteiger partial charge in [0.25, 0.3) is 0 Å². The van der Waals surface area contributed by atoms with E-state index in [1.165, 1.54) is 0 Å². The van der Waals surface area contributed by atoms with Gasteiger partial charge in [0.05, 0.1) is 16.5 Å². The van der Waals surface area contributed by atoms with Crippen LogP contribution in [0.25, 0.3) is 11.1 Å². The van der Waals surface area contributed by atoms with Crippen LogP contribution in [0.1, 0.15) is 5.56 Å². The van der Waals surface area contributed by atoms with Crippen molar-refractivity contribution in [1.29, 1.82) is 5.26 Å². The average Bonchev–Trinajstić information content (AvgIpc) is 2.39. The standard InChI is InChI=1S/C13H10N2OS/c14-9-10-1-3-11(4-2-10)12-5-7-13(8-6-12)17(15)16/h1-8H,15H2. The van der Waals surface area contributed by atoms with Crippen LogP contribution in [0.2, 0.25) is 0 Å². The molecule has 1 atom stereocenters. The molecule has 0 aliphatic heterocycles. The summed E-state index contributed by atoms with van der Waals surface area (Å²) in [5.74, 6) is 0. The highest BCUT2D eigenvalue weighted by Crippen LogP contribution is 2.20. The van der Waals surface area contributed by atoms with Gasteiger partial charge in [0.1, 0.15) is 11.0 Å². The van der Waals surface area contributed by atoms with Crippen molar-refractivity contribution in [3.05, 3.63) is 54.1 Å². The highest BCUT2D eigenvalue weighted by atomic mass is 32.2. The summed E-state index contributed by atoms with van der Waals surface area (Å²) < 4.78 is 11.0. The molecule has 0 aliphatic rings. The molecular formula is C13H10N2OS. The number of rotatable bonds is 2. The Morgan fingerprint density at radius 1 is 0.941 bits per heavy atom. The maximum Gasteiger partial charge on any atom is 0.122 e. The minimum absolute atomic E-state index is 0.599. The first-order chi connectivity index (χ1) is 8.20. The van der Waals surface area contributed by atoms with Crippen molar-refractivity contribution >= 4 is 11.0 Å². The summed E-state index contributed by atoms with van der Waals surface area (Å²) in [5.41, 5.74) is 2.65. The van der Waals surface area contributed by atoms with Crippen LogP contribution in [-0.4, -0.2) is 4.21 Å². The van der Waals surface area contributed by atoms with Crippen molar-refractivity contribution < 1.29 is 4.21 Å². The summed E-state index contributed by atoms with van der Waals surface area (Å²) in [7, 11) is -1.44. The molecule has 2 N–H and O–H groups in total. The third-order valence-electron chi connectivity index (χ3n) is 2.43. The van der Waals surface area contributed by atoms with Crippen molar-refractivity contribution in [3.63, 3.8) is 0 Å². The van der Waals surface area contributed by atoms with Gasteiger partial charge in [0.2, 0.25) is 0 Å². The summed E-state index contributed by atoms with van der Waals surface area (Å²) in [5, 5.41) is 14.0. The molecule has 0 aromatic heterocycles. The van der Waals surface area contributed by atoms with Crippen molar-refractivity contribution in [2.24, 2.45) is 5.14 Å². The lowest BCUT2D eigenvalue weighted by Crippen LogP contribution is -2.01. The summed E-state index contributed by atoms with van der Waals surface area (Å²) in [6.07, 6.45) is 0. The topological polar surface area (TPSA) is 66.9 Å². The predicted octanol–water partition coefficient (Wildman–Crippen LogP) is 2.21. The van der Waals surface area contributed by atoms with Crippen molar-refractivity contribution in [3.8, 4) is 17.2 Å². The molecule has 2 rings (SSSR count). The molecule has 0 radical (unpaired) electrons. The van der Waals surface area contributed by atoms with Crippen LogP contribution in [0.4, 0.5) is 0 Å². The third-order valence-corrected chi connectivity index (χ3v) is 3.17. The number of hydrogen-bond donors (Lipinski definition) is 1. The smallest absolute Gasteiger partial charge is 0.122 e. The lowest BCUT2D eigenvalue weighted by atomic mass is 10.0. The maximum atomic E-state index is 11.0. The van der Waals surface area contributed by atoms with Gasteiger partial charge in [-0.3, -0.25) is 0 Å². The molecule has 2 aromatic rings. The van der Waals surface area contributed by atoms with Gasteiger partial charge in [0, 0.05) is 0 Å². The maximum absolute atomic E-state index is 11.0. The van der Waals surface area contributed by atoms with Crippen molar-refractivity contribution in [2.45, 2.75) is 4.90 Å². The van der Waals surface area contributed by atoms with Gasteiger partial charge in [-0.15, -0.1) is 0 Å². The van der Waals surface area contributed by atoms with E-state index in [9.17, 15) is 4.21 Å². The Kier molecular flexibility index (Phi) is 3.33. The molecule has 2 aromatic carbocycles. The van der Waals surface area contributed by atoms with Gasteiger partial charge < -0.3 is 0 Å². The van der Waals surface area contributed by atoms with Crippen LogP contribution in [-0.2, 0) is 11.0 Å². The Labute approximate surface area is 102 Å². The third kappa shape index (κ3) is 2.59. The Hall–Kier alpha value is -1.96. The minimum Gasteiger partial charge on any atom is -0.248 e. The molecule has 0 bridgehead atoms. The van der Waals surface area contributed by atoms with E-state index in [0.717, 1.165) is 11.1 Å². The molecule has 0 amide bonds. The molecule has 3 nitrogen and oxygen atoms in total. The van der Waals surface area contributed by atoms with Crippen molar-refractivity contribution in [1.82, 2.24) is 0 Å². The van der Waals surface area contributed by atoms with E-state index in [1.807, 2.05) is 24.3 Å². The minimum atomic E-state index is -1.44. The fourth-order valence-corrected chi connectivity index (χ4v) is 1.92. The van der Waals surface area contributed by atoms with E-state index in [0.29, 0.717) is 10.5 Å². The Bertz CT molecular complexity index is 582. The van der Waals surface area contributed by atoms with Crippen LogP contribution in [0, 0.1) is 11.3 Å². The fourth-order valence-electron chi connectivity index (χ4n) is 1.52. The first-order valence-corrected chi connectivity index (χ1v) is 6.19. The Morgan fingerprint density at radius 2 is 1.41 bits per heavy atom. The van der Waals surface area contributed by atoms with Crippen LogP contribution < -0.4 is 5.14 Å². The first kappa shape index (κ1) is 11.5. The normalized spacial score (nSPS) is 11.8. The molecular weight excluding hydrogens is 232 g/mol. The SMILES string of the molecule is N#Cc1ccc(-c2ccc(S(N)=O)cc2)cc1. The second kappa shape index (κ2) is 4.91. The molecule has 0 fully saturated rings. The first-order valence-electron chi connectivity index (χ1n) is 4.97. The molecule has 0 aliphatic carbocycles. The van der Waals surface area contributed by atoms with E-state index in [-0.39, 0.29) is 0 Å². The van der Waals surface area contributed by atoms with Crippen LogP contribution in [0.15, 0.2) is 53.4 Å². The zero-order valence-electron chi connectivity index (χ0n) is 8.96. The lowest BCUT2D eigenvalue weighted by Gasteiger charge is -2.02. The lowest BCUT2D eigenvalue weighted by molar-refractivity contribution is 0.684. The van der Waals surface area contributed by atoms with Crippen LogP contribution in [0.3, 0.4) is 0 Å². The molecule has 4 heteroatoms. The second-order valence-corrected chi connectivity index (χ2v) is 4.58. The number of nitriles is 1. The summed E-state index contributed by atoms with van der Waals surface area (Å²) in [6.45, 7) is 0. The largest absolute Gasteiger partial charge is 0.248 e. The summed E-state index contributed by atoms with van der Waals surface area (Å²) in [6, 6.07) is 16.6. The van der Waals surface area contributed by atoms with E-state index in [4.69, 9.17) is 10.4 Å². The molecule has 17 heavy (non-hydrogen) atoms. The number of nitrogens with zero attached hydrogens (tertiary/aromatic N) is 1. The van der Waals surface area contributed by atoms with Gasteiger partial charge in [-0.2, -0.15) is 5.26 Å². The van der Waals surface area contributed by atoms with E-state index in [2.05, 4.69) is 6.07 Å². The molecule has 0 saturated carbocycles. The van der Waals surface area contributed by atoms with Crippen molar-refractivity contribution in [2.75, 3.05) is 0 Å². The molecule has 0 saturated heterocycles. The quantitative estimate of drug-likeness (QED) is 0.877. The second-order valence-electron chi connectivity index (χ2n) is 3.51. The Morgan fingerprint density at radius 3 is 1.82 bits per heavy atom. The highest BCUT2D eigenvalue weighted by Gasteiger charge is 2.00. The number of nitrogens with two attached hydrogens (primary N) is 1. The molecule has 1 unspecified atom stereocenters. The average molecular weight is 242 g/mol. The zero-order valence-corrected chi connectivity index (χ0v) is 9.78. The predicted molar refractivity (Wildman–Crippen MR) is 67.2 cm³/mol. The summed E-state index contributed by atoms with van der Waals surface area (Å²) in [4.78, 5) is 0.599. The highest BCUT2D eigenvalue weighted by molar-refractivity contribution is 7.82. The van der Waals surface area contributed by atoms with Crippen LogP contribution in [0.5, 0.6) is 0 Å². The Balaban J connectivity index is 2.33. The van der Waals surface area contributed by atoms with E-state index in [1.54, 1.807) is 24.3 Å². The van der Waals surface area contributed by atoms with E-state index < -0.39 is 11.0 Å². The molecule has 0 spiro atoms. The number of hydrogen-bond acceptors (Lipinski definition) is 2. The fraction of sp³-hybridized carbons (Fsp3) is 0. The molecule has 84 valence electrons.